The van der Waals surface area contributed by atoms with Crippen molar-refractivity contribution in [1.29, 1.82) is 0 Å². The number of nitrogens with zero attached hydrogens (tertiary/aromatic N) is 1. The molecule has 6 heteroatoms. The van der Waals surface area contributed by atoms with Crippen molar-refractivity contribution < 1.29 is 23.4 Å². The van der Waals surface area contributed by atoms with Crippen LogP contribution < -0.4 is 4.74 Å². The van der Waals surface area contributed by atoms with Crippen LogP contribution in [0.4, 0.5) is 8.78 Å². The molecule has 4 nitrogen and oxygen atoms in total. The van der Waals surface area contributed by atoms with Gasteiger partial charge >= 0.3 is 0 Å². The number of methoxy groups -OCH3 is 1. The van der Waals surface area contributed by atoms with Crippen LogP contribution in [0.1, 0.15) is 22.6 Å². The Morgan fingerprint density at radius 1 is 1.64 bits per heavy atom. The van der Waals surface area contributed by atoms with E-state index in [0.29, 0.717) is 0 Å². The summed E-state index contributed by atoms with van der Waals surface area (Å²) in [6.45, 7) is 0. The van der Waals surface area contributed by atoms with E-state index in [2.05, 4.69) is 9.72 Å². The van der Waals surface area contributed by atoms with E-state index in [1.54, 1.807) is 0 Å². The summed E-state index contributed by atoms with van der Waals surface area (Å²) < 4.78 is 29.1. The van der Waals surface area contributed by atoms with Crippen molar-refractivity contribution in [3.05, 3.63) is 17.5 Å². The van der Waals surface area contributed by atoms with E-state index in [-0.39, 0.29) is 17.7 Å². The van der Waals surface area contributed by atoms with Crippen molar-refractivity contribution >= 4 is 6.29 Å². The van der Waals surface area contributed by atoms with Crippen LogP contribution in [-0.2, 0) is 0 Å². The van der Waals surface area contributed by atoms with E-state index in [0.717, 1.165) is 6.07 Å². The number of pyridine rings is 1. The first kappa shape index (κ1) is 10.4. The topological polar surface area (TPSA) is 59.4 Å². The van der Waals surface area contributed by atoms with Gasteiger partial charge in [0.15, 0.2) is 12.0 Å². The normalized spacial score (nSPS) is 10.3. The van der Waals surface area contributed by atoms with Crippen molar-refractivity contribution in [2.24, 2.45) is 0 Å². The lowest BCUT2D eigenvalue weighted by Crippen LogP contribution is -1.99. The standard InChI is InChI=1S/C8H7F2NO3/c1-14-6-2-5(13)7(8(9)10)11-4(6)3-12/h2-3,8,13H,1H3. The molecule has 1 N–H and O–H groups in total. The molecular weight excluding hydrogens is 196 g/mol. The van der Waals surface area contributed by atoms with Gasteiger partial charge in [0.25, 0.3) is 6.43 Å². The van der Waals surface area contributed by atoms with Crippen LogP contribution in [0.2, 0.25) is 0 Å². The number of carbonyl (C=O) groups is 1. The second-order valence-corrected chi connectivity index (χ2v) is 2.40. The molecule has 1 aromatic rings. The van der Waals surface area contributed by atoms with Gasteiger partial charge < -0.3 is 9.84 Å². The van der Waals surface area contributed by atoms with Gasteiger partial charge in [0, 0.05) is 6.07 Å². The molecule has 0 saturated carbocycles. The number of carbonyl (C=O) groups excluding carboxylic acids is 1. The van der Waals surface area contributed by atoms with Gasteiger partial charge in [-0.05, 0) is 0 Å². The zero-order chi connectivity index (χ0) is 10.7. The summed E-state index contributed by atoms with van der Waals surface area (Å²) in [5.41, 5.74) is -1.09. The Labute approximate surface area is 78.1 Å². The maximum atomic E-state index is 12.2. The molecule has 0 aliphatic carbocycles. The highest BCUT2D eigenvalue weighted by atomic mass is 19.3. The van der Waals surface area contributed by atoms with Gasteiger partial charge in [-0.3, -0.25) is 4.79 Å². The minimum absolute atomic E-state index is 0.0399. The maximum absolute atomic E-state index is 12.2. The minimum atomic E-state index is -2.93. The van der Waals surface area contributed by atoms with E-state index >= 15 is 0 Å². The number of halogens is 2. The number of alkyl halides is 2. The lowest BCUT2D eigenvalue weighted by Gasteiger charge is -2.07. The van der Waals surface area contributed by atoms with E-state index in [9.17, 15) is 13.6 Å². The predicted octanol–water partition coefficient (Wildman–Crippen LogP) is 1.55. The molecule has 0 atom stereocenters. The van der Waals surface area contributed by atoms with Crippen LogP contribution in [0.5, 0.6) is 11.5 Å². The molecule has 76 valence electrons. The average molecular weight is 203 g/mol. The molecule has 0 saturated heterocycles. The average Bonchev–Trinajstić information content (AvgIpc) is 2.16. The maximum Gasteiger partial charge on any atom is 0.284 e. The number of rotatable bonds is 3. The molecule has 0 aliphatic rings. The van der Waals surface area contributed by atoms with Crippen LogP contribution in [-0.4, -0.2) is 23.5 Å². The Balaban J connectivity index is 3.30. The summed E-state index contributed by atoms with van der Waals surface area (Å²) in [4.78, 5) is 13.7. The molecule has 0 radical (unpaired) electrons. The molecule has 0 aliphatic heterocycles. The summed E-state index contributed by atoms with van der Waals surface area (Å²) in [5.74, 6) is -0.732. The Bertz CT molecular complexity index is 355. The first-order valence-electron chi connectivity index (χ1n) is 3.61. The van der Waals surface area contributed by atoms with Gasteiger partial charge in [-0.25, -0.2) is 13.8 Å². The van der Waals surface area contributed by atoms with Gasteiger partial charge in [-0.1, -0.05) is 0 Å². The van der Waals surface area contributed by atoms with Gasteiger partial charge in [0.1, 0.15) is 17.1 Å². The molecular formula is C8H7F2NO3. The molecule has 0 amide bonds. The minimum Gasteiger partial charge on any atom is -0.506 e. The number of hydrogen-bond donors (Lipinski definition) is 1. The molecule has 0 bridgehead atoms. The molecule has 14 heavy (non-hydrogen) atoms. The fraction of sp³-hybridized carbons (Fsp3) is 0.250. The van der Waals surface area contributed by atoms with E-state index in [4.69, 9.17) is 5.11 Å². The predicted molar refractivity (Wildman–Crippen MR) is 42.8 cm³/mol. The Hall–Kier alpha value is -1.72. The molecule has 0 unspecified atom stereocenters. The summed E-state index contributed by atoms with van der Waals surface area (Å²) in [7, 11) is 1.24. The summed E-state index contributed by atoms with van der Waals surface area (Å²) >= 11 is 0. The molecule has 0 spiro atoms. The van der Waals surface area contributed by atoms with Crippen molar-refractivity contribution in [3.8, 4) is 11.5 Å². The van der Waals surface area contributed by atoms with E-state index in [1.165, 1.54) is 7.11 Å². The van der Waals surface area contributed by atoms with Gasteiger partial charge in [-0.2, -0.15) is 0 Å². The molecule has 1 rings (SSSR count). The second-order valence-electron chi connectivity index (χ2n) is 2.40. The van der Waals surface area contributed by atoms with Gasteiger partial charge in [-0.15, -0.1) is 0 Å². The third-order valence-corrected chi connectivity index (χ3v) is 1.56. The highest BCUT2D eigenvalue weighted by Crippen LogP contribution is 2.30. The smallest absolute Gasteiger partial charge is 0.284 e. The van der Waals surface area contributed by atoms with Crippen molar-refractivity contribution in [3.63, 3.8) is 0 Å². The number of ether oxygens (including phenoxy) is 1. The van der Waals surface area contributed by atoms with Crippen LogP contribution in [0.15, 0.2) is 6.07 Å². The fourth-order valence-corrected chi connectivity index (χ4v) is 0.923. The highest BCUT2D eigenvalue weighted by Gasteiger charge is 2.18. The lowest BCUT2D eigenvalue weighted by molar-refractivity contribution is 0.111. The van der Waals surface area contributed by atoms with Crippen molar-refractivity contribution in [2.75, 3.05) is 7.11 Å². The molecule has 1 heterocycles. The number of aldehydes is 1. The first-order chi connectivity index (χ1) is 6.60. The van der Waals surface area contributed by atoms with Crippen LogP contribution in [0.25, 0.3) is 0 Å². The number of hydrogen-bond acceptors (Lipinski definition) is 4. The summed E-state index contributed by atoms with van der Waals surface area (Å²) in [6, 6.07) is 0.929. The molecule has 1 aromatic heterocycles. The van der Waals surface area contributed by atoms with Gasteiger partial charge in [0.05, 0.1) is 7.11 Å². The highest BCUT2D eigenvalue weighted by molar-refractivity contribution is 5.77. The van der Waals surface area contributed by atoms with Crippen LogP contribution in [0, 0.1) is 0 Å². The second kappa shape index (κ2) is 3.99. The zero-order valence-corrected chi connectivity index (χ0v) is 7.20. The third-order valence-electron chi connectivity index (χ3n) is 1.56. The monoisotopic (exact) mass is 203 g/mol. The summed E-state index contributed by atoms with van der Waals surface area (Å²) in [6.07, 6.45) is -2.65. The quantitative estimate of drug-likeness (QED) is 0.757. The molecule has 0 fully saturated rings. The van der Waals surface area contributed by atoms with Crippen molar-refractivity contribution in [1.82, 2.24) is 4.98 Å². The Morgan fingerprint density at radius 3 is 2.71 bits per heavy atom. The van der Waals surface area contributed by atoms with Gasteiger partial charge in [0.2, 0.25) is 0 Å². The SMILES string of the molecule is COc1cc(O)c(C(F)F)nc1C=O. The summed E-state index contributed by atoms with van der Waals surface area (Å²) in [5, 5.41) is 9.07. The molecule has 0 aromatic carbocycles. The van der Waals surface area contributed by atoms with E-state index in [1.807, 2.05) is 0 Å². The first-order valence-corrected chi connectivity index (χ1v) is 3.61. The zero-order valence-electron chi connectivity index (χ0n) is 7.20. The number of aromatic nitrogens is 1. The van der Waals surface area contributed by atoms with E-state index < -0.39 is 17.9 Å². The Morgan fingerprint density at radius 2 is 2.29 bits per heavy atom. The fourth-order valence-electron chi connectivity index (χ4n) is 0.923. The third kappa shape index (κ3) is 1.78. The Kier molecular flexibility index (Phi) is 2.95. The lowest BCUT2D eigenvalue weighted by atomic mass is 10.2. The van der Waals surface area contributed by atoms with Crippen LogP contribution in [0.3, 0.4) is 0 Å². The number of aromatic hydroxyl groups is 1. The largest absolute Gasteiger partial charge is 0.506 e. The van der Waals surface area contributed by atoms with Crippen molar-refractivity contribution in [2.45, 2.75) is 6.43 Å². The van der Waals surface area contributed by atoms with Crippen LogP contribution >= 0.6 is 0 Å².